The minimum Gasteiger partial charge on any atom is -0.444 e. The van der Waals surface area contributed by atoms with Gasteiger partial charge in [0.2, 0.25) is 0 Å². The van der Waals surface area contributed by atoms with Gasteiger partial charge in [0, 0.05) is 48.6 Å². The van der Waals surface area contributed by atoms with E-state index in [0.29, 0.717) is 35.9 Å². The Balaban J connectivity index is 1.51. The van der Waals surface area contributed by atoms with Gasteiger partial charge >= 0.3 is 6.09 Å². The van der Waals surface area contributed by atoms with Gasteiger partial charge in [-0.1, -0.05) is 26.0 Å². The van der Waals surface area contributed by atoms with E-state index >= 15 is 0 Å². The van der Waals surface area contributed by atoms with Crippen molar-refractivity contribution < 1.29 is 14.3 Å². The molecule has 3 atom stereocenters. The molecule has 4 rings (SSSR count). The monoisotopic (exact) mass is 565 g/mol. The second kappa shape index (κ2) is 12.8. The first-order valence-corrected chi connectivity index (χ1v) is 15.2. The highest BCUT2D eigenvalue weighted by Gasteiger charge is 2.32. The van der Waals surface area contributed by atoms with Crippen LogP contribution in [0.3, 0.4) is 0 Å². The zero-order valence-electron chi connectivity index (χ0n) is 24.8. The molecular formula is C31H43N5O3S. The molecule has 0 spiro atoms. The molecule has 1 fully saturated rings. The van der Waals surface area contributed by atoms with Crippen molar-refractivity contribution in [2.24, 2.45) is 5.92 Å². The second-order valence-electron chi connectivity index (χ2n) is 12.3. The average Bonchev–Trinajstić information content (AvgIpc) is 2.87. The number of nitrogens with one attached hydrogen (secondary N) is 2. The van der Waals surface area contributed by atoms with Crippen molar-refractivity contribution in [3.8, 4) is 6.07 Å². The van der Waals surface area contributed by atoms with E-state index in [1.54, 1.807) is 11.8 Å². The molecule has 40 heavy (non-hydrogen) atoms. The molecule has 8 nitrogen and oxygen atoms in total. The number of nitriles is 1. The van der Waals surface area contributed by atoms with Gasteiger partial charge in [0.15, 0.2) is 0 Å². The number of hydrogen-bond acceptors (Lipinski definition) is 8. The summed E-state index contributed by atoms with van der Waals surface area (Å²) in [4.78, 5) is 19.5. The van der Waals surface area contributed by atoms with Crippen molar-refractivity contribution in [3.63, 3.8) is 0 Å². The summed E-state index contributed by atoms with van der Waals surface area (Å²) in [5.41, 5.74) is 4.18. The zero-order chi connectivity index (χ0) is 29.0. The van der Waals surface area contributed by atoms with Crippen molar-refractivity contribution in [1.29, 1.82) is 5.26 Å². The van der Waals surface area contributed by atoms with Gasteiger partial charge in [-0.2, -0.15) is 5.26 Å². The smallest absolute Gasteiger partial charge is 0.412 e. The maximum atomic E-state index is 12.1. The minimum atomic E-state index is -0.543. The Hall–Kier alpha value is -2.80. The standard InChI is InChI=1S/C31H43N5O3S/c1-19(2)27-14-24-25(15-32)29(35-28(26(24)18-38-27)36-16-20(3)33-21(4)17-36)40-13-12-22-8-10-23(11-9-22)34-30(37)39-31(5,6)7/h8-11,19-21,27,33H,12-14,16-18H2,1-7H3,(H,34,37). The molecule has 9 heteroatoms. The van der Waals surface area contributed by atoms with Crippen LogP contribution in [-0.2, 0) is 28.9 Å². The summed E-state index contributed by atoms with van der Waals surface area (Å²) >= 11 is 1.64. The molecule has 3 unspecified atom stereocenters. The number of ether oxygens (including phenoxy) is 2. The molecule has 0 bridgehead atoms. The molecule has 3 heterocycles. The first-order chi connectivity index (χ1) is 18.9. The van der Waals surface area contributed by atoms with Crippen LogP contribution in [0.5, 0.6) is 0 Å². The number of carbonyl (C=O) groups excluding carboxylic acids is 1. The van der Waals surface area contributed by atoms with Crippen molar-refractivity contribution in [3.05, 3.63) is 46.5 Å². The molecule has 1 aromatic carbocycles. The van der Waals surface area contributed by atoms with Crippen LogP contribution in [0.4, 0.5) is 16.3 Å². The Kier molecular flexibility index (Phi) is 9.65. The molecule has 2 aliphatic heterocycles. The topological polar surface area (TPSA) is 99.5 Å². The zero-order valence-corrected chi connectivity index (χ0v) is 25.7. The molecular weight excluding hydrogens is 522 g/mol. The lowest BCUT2D eigenvalue weighted by atomic mass is 9.91. The van der Waals surface area contributed by atoms with Gasteiger partial charge < -0.3 is 19.7 Å². The third kappa shape index (κ3) is 7.68. The highest BCUT2D eigenvalue weighted by atomic mass is 32.2. The van der Waals surface area contributed by atoms with Gasteiger partial charge in [-0.25, -0.2) is 9.78 Å². The van der Waals surface area contributed by atoms with Crippen molar-refractivity contribution in [2.75, 3.05) is 29.1 Å². The highest BCUT2D eigenvalue weighted by molar-refractivity contribution is 7.99. The number of amides is 1. The van der Waals surface area contributed by atoms with E-state index in [9.17, 15) is 10.1 Å². The highest BCUT2D eigenvalue weighted by Crippen LogP contribution is 2.37. The average molecular weight is 566 g/mol. The number of piperazine rings is 1. The van der Waals surface area contributed by atoms with E-state index in [2.05, 4.69) is 49.3 Å². The van der Waals surface area contributed by atoms with Crippen molar-refractivity contribution >= 4 is 29.4 Å². The molecule has 1 saturated heterocycles. The van der Waals surface area contributed by atoms with Crippen LogP contribution < -0.4 is 15.5 Å². The molecule has 0 saturated carbocycles. The maximum Gasteiger partial charge on any atom is 0.412 e. The Labute approximate surface area is 243 Å². The number of benzene rings is 1. The number of thioether (sulfide) groups is 1. The minimum absolute atomic E-state index is 0.0985. The quantitative estimate of drug-likeness (QED) is 0.399. The van der Waals surface area contributed by atoms with E-state index in [-0.39, 0.29) is 6.10 Å². The van der Waals surface area contributed by atoms with Crippen LogP contribution in [0.1, 0.15) is 70.7 Å². The number of aromatic nitrogens is 1. The molecule has 1 amide bonds. The Morgan fingerprint density at radius 1 is 1.23 bits per heavy atom. The van der Waals surface area contributed by atoms with Crippen LogP contribution in [0, 0.1) is 17.2 Å². The fourth-order valence-corrected chi connectivity index (χ4v) is 6.31. The van der Waals surface area contributed by atoms with E-state index in [1.165, 1.54) is 0 Å². The summed E-state index contributed by atoms with van der Waals surface area (Å²) in [6.45, 7) is 16.5. The molecule has 0 aliphatic carbocycles. The summed E-state index contributed by atoms with van der Waals surface area (Å²) in [5, 5.41) is 17.5. The van der Waals surface area contributed by atoms with E-state index in [0.717, 1.165) is 59.2 Å². The third-order valence-electron chi connectivity index (χ3n) is 7.15. The third-order valence-corrected chi connectivity index (χ3v) is 8.12. The van der Waals surface area contributed by atoms with Gasteiger partial charge in [0.25, 0.3) is 0 Å². The number of pyridine rings is 1. The van der Waals surface area contributed by atoms with Crippen LogP contribution >= 0.6 is 11.8 Å². The van der Waals surface area contributed by atoms with E-state index in [4.69, 9.17) is 14.5 Å². The van der Waals surface area contributed by atoms with Crippen LogP contribution in [0.15, 0.2) is 29.3 Å². The number of aryl methyl sites for hydroxylation is 1. The summed E-state index contributed by atoms with van der Waals surface area (Å²) in [6, 6.07) is 11.0. The first kappa shape index (κ1) is 30.2. The number of fused-ring (bicyclic) bond motifs is 1. The summed E-state index contributed by atoms with van der Waals surface area (Å²) in [6.07, 6.45) is 1.19. The van der Waals surface area contributed by atoms with Crippen LogP contribution in [0.2, 0.25) is 0 Å². The molecule has 2 N–H and O–H groups in total. The molecule has 2 aliphatic rings. The largest absolute Gasteiger partial charge is 0.444 e. The Morgan fingerprint density at radius 2 is 1.90 bits per heavy atom. The maximum absolute atomic E-state index is 12.1. The normalized spacial score (nSPS) is 21.1. The number of nitrogens with zero attached hydrogens (tertiary/aromatic N) is 3. The number of carbonyl (C=O) groups is 1. The molecule has 2 aromatic rings. The summed E-state index contributed by atoms with van der Waals surface area (Å²) < 4.78 is 11.6. The number of hydrogen-bond donors (Lipinski definition) is 2. The fraction of sp³-hybridized carbons (Fsp3) is 0.581. The van der Waals surface area contributed by atoms with Crippen molar-refractivity contribution in [1.82, 2.24) is 10.3 Å². The van der Waals surface area contributed by atoms with Crippen LogP contribution in [0.25, 0.3) is 0 Å². The fourth-order valence-electron chi connectivity index (χ4n) is 5.31. The first-order valence-electron chi connectivity index (χ1n) is 14.2. The van der Waals surface area contributed by atoms with Crippen LogP contribution in [-0.4, -0.2) is 53.7 Å². The van der Waals surface area contributed by atoms with E-state index < -0.39 is 11.7 Å². The van der Waals surface area contributed by atoms with Gasteiger partial charge in [0.05, 0.1) is 18.3 Å². The second-order valence-corrected chi connectivity index (χ2v) is 13.4. The van der Waals surface area contributed by atoms with Crippen molar-refractivity contribution in [2.45, 2.75) is 96.7 Å². The SMILES string of the molecule is CC1CN(c2nc(SCCc3ccc(NC(=O)OC(C)(C)C)cc3)c(C#N)c3c2COC(C(C)C)C3)CC(C)N1. The van der Waals surface area contributed by atoms with Gasteiger partial charge in [-0.3, -0.25) is 5.32 Å². The van der Waals surface area contributed by atoms with Gasteiger partial charge in [-0.05, 0) is 70.2 Å². The number of rotatable bonds is 7. The van der Waals surface area contributed by atoms with E-state index in [1.807, 2.05) is 45.0 Å². The Bertz CT molecular complexity index is 1230. The van der Waals surface area contributed by atoms with Gasteiger partial charge in [0.1, 0.15) is 22.5 Å². The Morgan fingerprint density at radius 3 is 2.50 bits per heavy atom. The molecule has 0 radical (unpaired) electrons. The number of anilines is 2. The van der Waals surface area contributed by atoms with Gasteiger partial charge in [-0.15, -0.1) is 11.8 Å². The lowest BCUT2D eigenvalue weighted by molar-refractivity contribution is -0.000484. The summed E-state index contributed by atoms with van der Waals surface area (Å²) in [5.74, 6) is 2.13. The molecule has 1 aromatic heterocycles. The summed E-state index contributed by atoms with van der Waals surface area (Å²) in [7, 11) is 0. The lowest BCUT2D eigenvalue weighted by Gasteiger charge is -2.39. The predicted octanol–water partition coefficient (Wildman–Crippen LogP) is 5.92. The predicted molar refractivity (Wildman–Crippen MR) is 161 cm³/mol. The molecule has 216 valence electrons. The lowest BCUT2D eigenvalue weighted by Crippen LogP contribution is -2.55.